The minimum Gasteiger partial charge on any atom is -0.261 e. The van der Waals surface area contributed by atoms with E-state index in [2.05, 4.69) is 10.9 Å². The van der Waals surface area contributed by atoms with E-state index >= 15 is 0 Å². The highest BCUT2D eigenvalue weighted by molar-refractivity contribution is 5.86. The first kappa shape index (κ1) is 25.0. The van der Waals surface area contributed by atoms with Crippen molar-refractivity contribution in [1.29, 1.82) is 0 Å². The van der Waals surface area contributed by atoms with Crippen molar-refractivity contribution in [3.63, 3.8) is 0 Å². The molecule has 0 radical (unpaired) electrons. The van der Waals surface area contributed by atoms with E-state index in [0.717, 1.165) is 0 Å². The summed E-state index contributed by atoms with van der Waals surface area (Å²) < 4.78 is 0. The van der Waals surface area contributed by atoms with Gasteiger partial charge in [-0.3, -0.25) is 10.9 Å². The molecule has 0 unspecified atom stereocenters. The van der Waals surface area contributed by atoms with Crippen LogP contribution < -0.4 is 10.9 Å². The molecule has 0 saturated carbocycles. The number of nitrogens with one attached hydrogen (secondary N) is 2. The zero-order chi connectivity index (χ0) is 3.41. The third-order valence-corrected chi connectivity index (χ3v) is 0.250. The Labute approximate surface area is 62.6 Å². The van der Waals surface area contributed by atoms with Gasteiger partial charge in [0.15, 0.2) is 0 Å². The lowest BCUT2D eigenvalue weighted by molar-refractivity contribution is 0.689. The maximum atomic E-state index is 2.68. The molecule has 0 bridgehead atoms. The highest BCUT2D eigenvalue weighted by atomic mass is 35.5. The fraction of sp³-hybridized carbons (Fsp3) is 1.00. The molecule has 5 heteroatoms. The van der Waals surface area contributed by atoms with E-state index in [0.29, 0.717) is 0 Å². The molecule has 0 aliphatic rings. The quantitative estimate of drug-likeness (QED) is 0.562. The average molecular weight is 169 g/mol. The fourth-order valence-electron chi connectivity index (χ4n) is 0. The molecule has 0 aliphatic carbocycles. The number of rotatable bonds is 1. The van der Waals surface area contributed by atoms with Crippen molar-refractivity contribution < 1.29 is 0 Å². The van der Waals surface area contributed by atoms with Crippen LogP contribution in [0, 0.1) is 0 Å². The molecule has 0 aromatic rings. The second-order valence-electron chi connectivity index (χ2n) is 0.500. The van der Waals surface area contributed by atoms with Gasteiger partial charge in [0.1, 0.15) is 0 Å². The summed E-state index contributed by atoms with van der Waals surface area (Å²) in [6.07, 6.45) is 0. The van der Waals surface area contributed by atoms with Crippen LogP contribution >= 0.6 is 37.2 Å². The number of halogens is 3. The molecule has 7 heavy (non-hydrogen) atoms. The van der Waals surface area contributed by atoms with Crippen molar-refractivity contribution in [1.82, 2.24) is 10.9 Å². The first-order valence-corrected chi connectivity index (χ1v) is 1.25. The van der Waals surface area contributed by atoms with Crippen LogP contribution in [0.15, 0.2) is 0 Å². The molecular formula is C2H11Cl3N2. The molecule has 0 amide bonds. The van der Waals surface area contributed by atoms with E-state index in [1.165, 1.54) is 0 Å². The predicted molar refractivity (Wildman–Crippen MR) is 39.9 cm³/mol. The van der Waals surface area contributed by atoms with Crippen molar-refractivity contribution in [3.05, 3.63) is 0 Å². The molecule has 0 aromatic heterocycles. The molecule has 0 saturated heterocycles. The van der Waals surface area contributed by atoms with E-state index in [1.807, 2.05) is 14.1 Å². The predicted octanol–water partition coefficient (Wildman–Crippen LogP) is 0.606. The van der Waals surface area contributed by atoms with Crippen LogP contribution in [-0.2, 0) is 0 Å². The van der Waals surface area contributed by atoms with Gasteiger partial charge in [0.05, 0.1) is 0 Å². The van der Waals surface area contributed by atoms with Gasteiger partial charge in [-0.05, 0) is 14.1 Å². The molecule has 50 valence electrons. The highest BCUT2D eigenvalue weighted by Crippen LogP contribution is 1.07. The number of hydrogen-bond donors (Lipinski definition) is 2. The van der Waals surface area contributed by atoms with Gasteiger partial charge in [0, 0.05) is 0 Å². The number of hydrogen-bond acceptors (Lipinski definition) is 2. The van der Waals surface area contributed by atoms with Crippen molar-refractivity contribution in [2.75, 3.05) is 14.1 Å². The molecule has 0 rings (SSSR count). The fourth-order valence-corrected chi connectivity index (χ4v) is 0. The summed E-state index contributed by atoms with van der Waals surface area (Å²) in [6, 6.07) is 0. The monoisotopic (exact) mass is 168 g/mol. The number of hydrazine groups is 1. The summed E-state index contributed by atoms with van der Waals surface area (Å²) in [5, 5.41) is 0. The van der Waals surface area contributed by atoms with Gasteiger partial charge in [0.2, 0.25) is 0 Å². The standard InChI is InChI=1S/C2H8N2.3ClH/c1-3-4-2;;;/h3-4H,1-2H3;3*1H. The van der Waals surface area contributed by atoms with E-state index in [-0.39, 0.29) is 37.2 Å². The third-order valence-electron chi connectivity index (χ3n) is 0.250. The Morgan fingerprint density at radius 2 is 0.857 bits per heavy atom. The van der Waals surface area contributed by atoms with Gasteiger partial charge in [0.25, 0.3) is 0 Å². The lowest BCUT2D eigenvalue weighted by Gasteiger charge is -1.81. The first-order chi connectivity index (χ1) is 1.91. The summed E-state index contributed by atoms with van der Waals surface area (Å²) >= 11 is 0. The smallest absolute Gasteiger partial charge is 0.00150 e. The van der Waals surface area contributed by atoms with Crippen LogP contribution in [-0.4, -0.2) is 14.1 Å². The van der Waals surface area contributed by atoms with Crippen LogP contribution in [0.2, 0.25) is 0 Å². The molecule has 2 N–H and O–H groups in total. The molecule has 0 heterocycles. The molecule has 0 atom stereocenters. The lowest BCUT2D eigenvalue weighted by atomic mass is 11.4. The summed E-state index contributed by atoms with van der Waals surface area (Å²) in [5.74, 6) is 0. The van der Waals surface area contributed by atoms with Gasteiger partial charge < -0.3 is 0 Å². The van der Waals surface area contributed by atoms with Gasteiger partial charge >= 0.3 is 0 Å². The molecule has 0 spiro atoms. The Bertz CT molecular complexity index is 12.9. The Morgan fingerprint density at radius 3 is 0.857 bits per heavy atom. The van der Waals surface area contributed by atoms with Crippen molar-refractivity contribution in [3.8, 4) is 0 Å². The second kappa shape index (κ2) is 29.2. The first-order valence-electron chi connectivity index (χ1n) is 1.25. The minimum atomic E-state index is 0. The Kier molecular flexibility index (Phi) is 104. The van der Waals surface area contributed by atoms with Crippen LogP contribution in [0.5, 0.6) is 0 Å². The largest absolute Gasteiger partial charge is 0.261 e. The summed E-state index contributed by atoms with van der Waals surface area (Å²) in [7, 11) is 3.64. The zero-order valence-corrected chi connectivity index (χ0v) is 6.67. The summed E-state index contributed by atoms with van der Waals surface area (Å²) in [4.78, 5) is 0. The molecule has 0 aromatic carbocycles. The maximum Gasteiger partial charge on any atom is -0.00150 e. The van der Waals surface area contributed by atoms with Gasteiger partial charge in [-0.1, -0.05) is 0 Å². The minimum absolute atomic E-state index is 0. The van der Waals surface area contributed by atoms with Crippen LogP contribution in [0.1, 0.15) is 0 Å². The van der Waals surface area contributed by atoms with Gasteiger partial charge in [-0.15, -0.1) is 37.2 Å². The normalized spacial score (nSPS) is 4.29. The van der Waals surface area contributed by atoms with E-state index in [9.17, 15) is 0 Å². The Balaban J connectivity index is -0.0000000150. The van der Waals surface area contributed by atoms with Crippen LogP contribution in [0.4, 0.5) is 0 Å². The van der Waals surface area contributed by atoms with Gasteiger partial charge in [-0.25, -0.2) is 0 Å². The summed E-state index contributed by atoms with van der Waals surface area (Å²) in [5.41, 5.74) is 5.36. The SMILES string of the molecule is CNNC.Cl.Cl.Cl. The van der Waals surface area contributed by atoms with Crippen LogP contribution in [0.3, 0.4) is 0 Å². The highest BCUT2D eigenvalue weighted by Gasteiger charge is 1.44. The molecule has 2 nitrogen and oxygen atoms in total. The maximum absolute atomic E-state index is 2.68. The van der Waals surface area contributed by atoms with Crippen molar-refractivity contribution in [2.45, 2.75) is 0 Å². The third kappa shape index (κ3) is 48.6. The van der Waals surface area contributed by atoms with E-state index < -0.39 is 0 Å². The van der Waals surface area contributed by atoms with E-state index in [4.69, 9.17) is 0 Å². The van der Waals surface area contributed by atoms with E-state index in [1.54, 1.807) is 0 Å². The molecule has 0 fully saturated rings. The lowest BCUT2D eigenvalue weighted by Crippen LogP contribution is -2.21. The molecule has 0 aliphatic heterocycles. The molecular weight excluding hydrogens is 158 g/mol. The van der Waals surface area contributed by atoms with Crippen molar-refractivity contribution in [2.24, 2.45) is 0 Å². The second-order valence-corrected chi connectivity index (χ2v) is 0.500. The Hall–Kier alpha value is 0.790. The Morgan fingerprint density at radius 1 is 0.714 bits per heavy atom. The zero-order valence-electron chi connectivity index (χ0n) is 4.22. The van der Waals surface area contributed by atoms with Crippen LogP contribution in [0.25, 0.3) is 0 Å². The topological polar surface area (TPSA) is 24.1 Å². The average Bonchev–Trinajstić information content (AvgIpc) is 1.37. The van der Waals surface area contributed by atoms with Crippen molar-refractivity contribution >= 4 is 37.2 Å². The summed E-state index contributed by atoms with van der Waals surface area (Å²) in [6.45, 7) is 0. The van der Waals surface area contributed by atoms with Gasteiger partial charge in [-0.2, -0.15) is 0 Å².